The van der Waals surface area contributed by atoms with E-state index in [2.05, 4.69) is 4.90 Å². The highest BCUT2D eigenvalue weighted by molar-refractivity contribution is 6.30. The molecule has 1 saturated heterocycles. The van der Waals surface area contributed by atoms with E-state index in [4.69, 9.17) is 17.3 Å². The molecule has 2 nitrogen and oxygen atoms in total. The highest BCUT2D eigenvalue weighted by Crippen LogP contribution is 2.20. The van der Waals surface area contributed by atoms with Gasteiger partial charge in [-0.2, -0.15) is 0 Å². The van der Waals surface area contributed by atoms with E-state index in [0.29, 0.717) is 5.92 Å². The van der Waals surface area contributed by atoms with Crippen LogP contribution in [0.25, 0.3) is 0 Å². The van der Waals surface area contributed by atoms with Crippen LogP contribution in [0.3, 0.4) is 0 Å². The van der Waals surface area contributed by atoms with E-state index in [1.807, 2.05) is 0 Å². The monoisotopic (exact) mass is 256 g/mol. The van der Waals surface area contributed by atoms with Crippen molar-refractivity contribution in [3.8, 4) is 0 Å². The first-order chi connectivity index (χ1) is 8.19. The zero-order chi connectivity index (χ0) is 12.3. The molecule has 0 spiro atoms. The van der Waals surface area contributed by atoms with Gasteiger partial charge < -0.3 is 5.73 Å². The molecule has 2 N–H and O–H groups in total. The molecule has 0 saturated carbocycles. The molecule has 4 heteroatoms. The Hall–Kier alpha value is -0.640. The summed E-state index contributed by atoms with van der Waals surface area (Å²) in [7, 11) is 0. The first kappa shape index (κ1) is 12.8. The number of hydrogen-bond donors (Lipinski definition) is 1. The molecular weight excluding hydrogens is 239 g/mol. The number of likely N-dealkylation sites (tertiary alicyclic amines) is 1. The standard InChI is InChI=1S/C13H18ClFN2/c14-12-6-10(3-4-13(12)15)8-17-5-1-2-11(7-16)9-17/h3-4,6,11H,1-2,5,7-9,16H2. The molecule has 1 fully saturated rings. The van der Waals surface area contributed by atoms with Crippen molar-refractivity contribution >= 4 is 11.6 Å². The normalized spacial score (nSPS) is 21.7. The van der Waals surface area contributed by atoms with E-state index in [9.17, 15) is 4.39 Å². The van der Waals surface area contributed by atoms with Crippen molar-refractivity contribution in [3.05, 3.63) is 34.6 Å². The minimum absolute atomic E-state index is 0.204. The van der Waals surface area contributed by atoms with Crippen LogP contribution in [0, 0.1) is 11.7 Å². The summed E-state index contributed by atoms with van der Waals surface area (Å²) in [5.41, 5.74) is 6.77. The molecule has 1 unspecified atom stereocenters. The van der Waals surface area contributed by atoms with Crippen LogP contribution in [-0.2, 0) is 6.54 Å². The van der Waals surface area contributed by atoms with Crippen LogP contribution in [0.4, 0.5) is 4.39 Å². The van der Waals surface area contributed by atoms with Crippen LogP contribution in [0.15, 0.2) is 18.2 Å². The quantitative estimate of drug-likeness (QED) is 0.901. The summed E-state index contributed by atoms with van der Waals surface area (Å²) in [5, 5.41) is 0.204. The number of benzene rings is 1. The van der Waals surface area contributed by atoms with Crippen molar-refractivity contribution in [1.29, 1.82) is 0 Å². The fraction of sp³-hybridized carbons (Fsp3) is 0.538. The molecule has 1 aliphatic rings. The first-order valence-electron chi connectivity index (χ1n) is 6.05. The number of nitrogens with two attached hydrogens (primary N) is 1. The first-order valence-corrected chi connectivity index (χ1v) is 6.43. The van der Waals surface area contributed by atoms with Crippen LogP contribution in [0.5, 0.6) is 0 Å². The molecule has 1 atom stereocenters. The Bertz CT molecular complexity index is 384. The van der Waals surface area contributed by atoms with E-state index in [0.717, 1.165) is 31.7 Å². The average Bonchev–Trinajstić information content (AvgIpc) is 2.34. The summed E-state index contributed by atoms with van der Waals surface area (Å²) >= 11 is 5.77. The average molecular weight is 257 g/mol. The van der Waals surface area contributed by atoms with Crippen molar-refractivity contribution in [1.82, 2.24) is 4.90 Å². The van der Waals surface area contributed by atoms with Gasteiger partial charge in [0.25, 0.3) is 0 Å². The number of piperidine rings is 1. The Morgan fingerprint density at radius 1 is 1.47 bits per heavy atom. The van der Waals surface area contributed by atoms with E-state index in [-0.39, 0.29) is 10.8 Å². The van der Waals surface area contributed by atoms with Crippen molar-refractivity contribution in [3.63, 3.8) is 0 Å². The largest absolute Gasteiger partial charge is 0.330 e. The van der Waals surface area contributed by atoms with Crippen LogP contribution < -0.4 is 5.73 Å². The van der Waals surface area contributed by atoms with Crippen LogP contribution in [0.1, 0.15) is 18.4 Å². The summed E-state index contributed by atoms with van der Waals surface area (Å²) in [6, 6.07) is 4.94. The molecule has 1 aliphatic heterocycles. The Morgan fingerprint density at radius 3 is 3.00 bits per heavy atom. The van der Waals surface area contributed by atoms with Crippen molar-refractivity contribution in [2.75, 3.05) is 19.6 Å². The third kappa shape index (κ3) is 3.41. The second kappa shape index (κ2) is 5.80. The van der Waals surface area contributed by atoms with Gasteiger partial charge in [-0.1, -0.05) is 17.7 Å². The lowest BCUT2D eigenvalue weighted by atomic mass is 9.98. The maximum Gasteiger partial charge on any atom is 0.141 e. The summed E-state index contributed by atoms with van der Waals surface area (Å²) < 4.78 is 13.0. The van der Waals surface area contributed by atoms with Crippen LogP contribution in [-0.4, -0.2) is 24.5 Å². The van der Waals surface area contributed by atoms with Crippen LogP contribution in [0.2, 0.25) is 5.02 Å². The topological polar surface area (TPSA) is 29.3 Å². The van der Waals surface area contributed by atoms with Gasteiger partial charge in [0.2, 0.25) is 0 Å². The van der Waals surface area contributed by atoms with Crippen molar-refractivity contribution in [2.24, 2.45) is 11.7 Å². The van der Waals surface area contributed by atoms with Crippen molar-refractivity contribution in [2.45, 2.75) is 19.4 Å². The number of rotatable bonds is 3. The zero-order valence-corrected chi connectivity index (χ0v) is 10.6. The SMILES string of the molecule is NCC1CCCN(Cc2ccc(F)c(Cl)c2)C1. The summed E-state index contributed by atoms with van der Waals surface area (Å²) in [5.74, 6) is 0.244. The molecule has 0 amide bonds. The molecule has 2 rings (SSSR count). The number of halogens is 2. The van der Waals surface area contributed by atoms with Gasteiger partial charge in [0.1, 0.15) is 5.82 Å². The summed E-state index contributed by atoms with van der Waals surface area (Å²) in [6.07, 6.45) is 2.41. The molecular formula is C13H18ClFN2. The van der Waals surface area contributed by atoms with Gasteiger partial charge in [0, 0.05) is 13.1 Å². The Balaban J connectivity index is 1.97. The van der Waals surface area contributed by atoms with E-state index in [1.54, 1.807) is 12.1 Å². The van der Waals surface area contributed by atoms with Gasteiger partial charge in [0.15, 0.2) is 0 Å². The summed E-state index contributed by atoms with van der Waals surface area (Å²) in [4.78, 5) is 2.37. The number of hydrogen-bond acceptors (Lipinski definition) is 2. The third-order valence-corrected chi connectivity index (χ3v) is 3.62. The van der Waals surface area contributed by atoms with Crippen molar-refractivity contribution < 1.29 is 4.39 Å². The minimum atomic E-state index is -0.353. The lowest BCUT2D eigenvalue weighted by molar-refractivity contribution is 0.171. The number of nitrogens with zero attached hydrogens (tertiary/aromatic N) is 1. The molecule has 0 bridgehead atoms. The lowest BCUT2D eigenvalue weighted by Gasteiger charge is -2.32. The van der Waals surface area contributed by atoms with E-state index in [1.165, 1.54) is 18.9 Å². The zero-order valence-electron chi connectivity index (χ0n) is 9.83. The lowest BCUT2D eigenvalue weighted by Crippen LogP contribution is -2.37. The maximum absolute atomic E-state index is 13.0. The van der Waals surface area contributed by atoms with Gasteiger partial charge in [-0.15, -0.1) is 0 Å². The summed E-state index contributed by atoms with van der Waals surface area (Å²) in [6.45, 7) is 3.70. The Labute approximate surface area is 107 Å². The molecule has 0 aliphatic carbocycles. The van der Waals surface area contributed by atoms with Gasteiger partial charge in [0.05, 0.1) is 5.02 Å². The molecule has 0 aromatic heterocycles. The molecule has 17 heavy (non-hydrogen) atoms. The van der Waals surface area contributed by atoms with Gasteiger partial charge in [-0.05, 0) is 49.5 Å². The van der Waals surface area contributed by atoms with Crippen LogP contribution >= 0.6 is 11.6 Å². The maximum atomic E-state index is 13.0. The fourth-order valence-electron chi connectivity index (χ4n) is 2.38. The Morgan fingerprint density at radius 2 is 2.29 bits per heavy atom. The molecule has 1 aromatic rings. The molecule has 1 aromatic carbocycles. The van der Waals surface area contributed by atoms with Gasteiger partial charge in [-0.3, -0.25) is 4.90 Å². The van der Waals surface area contributed by atoms with E-state index < -0.39 is 0 Å². The second-order valence-electron chi connectivity index (χ2n) is 4.73. The predicted octanol–water partition coefficient (Wildman–Crippen LogP) is 2.65. The Kier molecular flexibility index (Phi) is 4.37. The smallest absolute Gasteiger partial charge is 0.141 e. The highest BCUT2D eigenvalue weighted by Gasteiger charge is 2.18. The van der Waals surface area contributed by atoms with E-state index >= 15 is 0 Å². The fourth-order valence-corrected chi connectivity index (χ4v) is 2.59. The van der Waals surface area contributed by atoms with Gasteiger partial charge in [-0.25, -0.2) is 4.39 Å². The third-order valence-electron chi connectivity index (χ3n) is 3.33. The highest BCUT2D eigenvalue weighted by atomic mass is 35.5. The minimum Gasteiger partial charge on any atom is -0.330 e. The molecule has 1 heterocycles. The molecule has 94 valence electrons. The predicted molar refractivity (Wildman–Crippen MR) is 68.5 cm³/mol. The van der Waals surface area contributed by atoms with Gasteiger partial charge >= 0.3 is 0 Å². The molecule has 0 radical (unpaired) electrons. The second-order valence-corrected chi connectivity index (χ2v) is 5.13.